The third kappa shape index (κ3) is 4.33. The third-order valence-corrected chi connectivity index (χ3v) is 7.79. The van der Waals surface area contributed by atoms with Crippen LogP contribution in [0.4, 0.5) is 0 Å². The van der Waals surface area contributed by atoms with Gasteiger partial charge in [0, 0.05) is 38.1 Å². The van der Waals surface area contributed by atoms with Crippen molar-refractivity contribution in [3.8, 4) is 5.75 Å². The molecule has 3 aromatic rings. The molecule has 1 saturated heterocycles. The monoisotopic (exact) mass is 440 g/mol. The van der Waals surface area contributed by atoms with Crippen LogP contribution in [0.25, 0.3) is 10.9 Å². The smallest absolute Gasteiger partial charge is 0.211 e. The van der Waals surface area contributed by atoms with Gasteiger partial charge in [0.1, 0.15) is 11.3 Å². The van der Waals surface area contributed by atoms with Crippen LogP contribution in [-0.2, 0) is 29.7 Å². The number of hydrogen-bond acceptors (Lipinski definition) is 5. The first-order chi connectivity index (χ1) is 15.0. The van der Waals surface area contributed by atoms with Gasteiger partial charge in [0.25, 0.3) is 0 Å². The summed E-state index contributed by atoms with van der Waals surface area (Å²) in [7, 11) is -3.09. The predicted molar refractivity (Wildman–Crippen MR) is 120 cm³/mol. The van der Waals surface area contributed by atoms with Gasteiger partial charge in [0.15, 0.2) is 0 Å². The second-order valence-electron chi connectivity index (χ2n) is 8.71. The minimum absolute atomic E-state index is 0.360. The number of ether oxygens (including phenoxy) is 1. The van der Waals surface area contributed by atoms with Crippen LogP contribution in [0.2, 0.25) is 0 Å². The lowest BCUT2D eigenvalue weighted by molar-refractivity contribution is 0.187. The average molecular weight is 441 g/mol. The summed E-state index contributed by atoms with van der Waals surface area (Å²) in [5, 5.41) is 8.47. The van der Waals surface area contributed by atoms with Crippen molar-refractivity contribution in [1.82, 2.24) is 19.4 Å². The number of nitrogens with one attached hydrogen (secondary N) is 1. The third-order valence-electron chi connectivity index (χ3n) is 6.48. The number of H-pyrrole nitrogens is 1. The first kappa shape index (κ1) is 20.5. The van der Waals surface area contributed by atoms with Crippen LogP contribution in [0, 0.1) is 5.92 Å². The Morgan fingerprint density at radius 3 is 2.48 bits per heavy atom. The normalized spacial score (nSPS) is 18.5. The molecule has 164 valence electrons. The molecule has 0 radical (unpaired) electrons. The second kappa shape index (κ2) is 8.26. The molecule has 0 unspecified atom stereocenters. The van der Waals surface area contributed by atoms with Crippen LogP contribution in [0.3, 0.4) is 0 Å². The van der Waals surface area contributed by atoms with E-state index in [0.717, 1.165) is 49.1 Å². The van der Waals surface area contributed by atoms with E-state index in [-0.39, 0.29) is 0 Å². The number of aromatic amines is 1. The first-order valence-corrected chi connectivity index (χ1v) is 12.6. The number of nitrogens with zero attached hydrogens (tertiary/aromatic N) is 3. The molecule has 1 fully saturated rings. The van der Waals surface area contributed by atoms with Crippen LogP contribution >= 0.6 is 0 Å². The van der Waals surface area contributed by atoms with Gasteiger partial charge in [-0.25, -0.2) is 12.7 Å². The van der Waals surface area contributed by atoms with Crippen LogP contribution in [0.15, 0.2) is 42.6 Å². The molecule has 1 aromatic heterocycles. The number of hydrogen-bond donors (Lipinski definition) is 1. The molecule has 0 aliphatic carbocycles. The summed E-state index contributed by atoms with van der Waals surface area (Å²) < 4.78 is 31.1. The summed E-state index contributed by atoms with van der Waals surface area (Å²) in [5.74, 6) is 1.17. The molecule has 0 amide bonds. The molecule has 8 heteroatoms. The highest BCUT2D eigenvalue weighted by molar-refractivity contribution is 7.88. The van der Waals surface area contributed by atoms with Crippen molar-refractivity contribution in [2.24, 2.45) is 5.92 Å². The van der Waals surface area contributed by atoms with Crippen molar-refractivity contribution in [1.29, 1.82) is 0 Å². The Balaban J connectivity index is 1.23. The summed E-state index contributed by atoms with van der Waals surface area (Å²) in [4.78, 5) is 2.45. The predicted octanol–water partition coefficient (Wildman–Crippen LogP) is 3.13. The lowest BCUT2D eigenvalue weighted by Gasteiger charge is -2.30. The van der Waals surface area contributed by atoms with Gasteiger partial charge in [-0.3, -0.25) is 10.00 Å². The van der Waals surface area contributed by atoms with Gasteiger partial charge >= 0.3 is 0 Å². The molecule has 2 aliphatic rings. The molecule has 31 heavy (non-hydrogen) atoms. The molecule has 0 saturated carbocycles. The number of fused-ring (bicyclic) bond motifs is 2. The van der Waals surface area contributed by atoms with Crippen molar-refractivity contribution < 1.29 is 13.2 Å². The number of sulfonamides is 1. The maximum absolute atomic E-state index is 11.7. The number of aromatic nitrogens is 2. The van der Waals surface area contributed by atoms with E-state index in [2.05, 4.69) is 45.4 Å². The van der Waals surface area contributed by atoms with E-state index < -0.39 is 10.0 Å². The molecule has 5 rings (SSSR count). The fraction of sp³-hybridized carbons (Fsp3) is 0.435. The van der Waals surface area contributed by atoms with Gasteiger partial charge < -0.3 is 4.74 Å². The maximum atomic E-state index is 11.7. The van der Waals surface area contributed by atoms with E-state index in [1.165, 1.54) is 22.9 Å². The molecule has 1 N–H and O–H groups in total. The van der Waals surface area contributed by atoms with Crippen LogP contribution in [0.1, 0.15) is 29.5 Å². The SMILES string of the molecule is CS(=O)(=O)N1CCC(COc2ccc(CN3Cc4ccccc4C3)c3cn[nH]c23)CC1. The molecule has 2 aromatic carbocycles. The Morgan fingerprint density at radius 2 is 1.81 bits per heavy atom. The van der Waals surface area contributed by atoms with Gasteiger partial charge in [-0.15, -0.1) is 0 Å². The molecular formula is C23H28N4O3S. The molecule has 0 atom stereocenters. The highest BCUT2D eigenvalue weighted by Crippen LogP contribution is 2.31. The second-order valence-corrected chi connectivity index (χ2v) is 10.7. The Hall–Kier alpha value is -2.42. The fourth-order valence-electron chi connectivity index (χ4n) is 4.70. The van der Waals surface area contributed by atoms with E-state index in [1.54, 1.807) is 4.31 Å². The summed E-state index contributed by atoms with van der Waals surface area (Å²) in [6.07, 6.45) is 4.81. The largest absolute Gasteiger partial charge is 0.491 e. The van der Waals surface area contributed by atoms with E-state index in [4.69, 9.17) is 4.74 Å². The summed E-state index contributed by atoms with van der Waals surface area (Å²) >= 11 is 0. The zero-order chi connectivity index (χ0) is 21.4. The molecule has 0 bridgehead atoms. The van der Waals surface area contributed by atoms with Crippen molar-refractivity contribution in [2.75, 3.05) is 26.0 Å². The Bertz CT molecular complexity index is 1160. The van der Waals surface area contributed by atoms with E-state index in [9.17, 15) is 8.42 Å². The topological polar surface area (TPSA) is 78.5 Å². The van der Waals surface area contributed by atoms with E-state index >= 15 is 0 Å². The minimum atomic E-state index is -3.09. The molecule has 3 heterocycles. The average Bonchev–Trinajstić information content (AvgIpc) is 3.40. The summed E-state index contributed by atoms with van der Waals surface area (Å²) in [5.41, 5.74) is 4.99. The van der Waals surface area contributed by atoms with Crippen molar-refractivity contribution >= 4 is 20.9 Å². The van der Waals surface area contributed by atoms with E-state index in [0.29, 0.717) is 25.6 Å². The van der Waals surface area contributed by atoms with Crippen molar-refractivity contribution in [3.63, 3.8) is 0 Å². The maximum Gasteiger partial charge on any atom is 0.211 e. The van der Waals surface area contributed by atoms with Gasteiger partial charge in [0.2, 0.25) is 10.0 Å². The van der Waals surface area contributed by atoms with Crippen LogP contribution < -0.4 is 4.74 Å². The van der Waals surface area contributed by atoms with E-state index in [1.807, 2.05) is 12.3 Å². The quantitative estimate of drug-likeness (QED) is 0.637. The van der Waals surface area contributed by atoms with Crippen molar-refractivity contribution in [2.45, 2.75) is 32.5 Å². The molecule has 2 aliphatic heterocycles. The zero-order valence-corrected chi connectivity index (χ0v) is 18.6. The number of benzene rings is 2. The highest BCUT2D eigenvalue weighted by Gasteiger charge is 2.25. The van der Waals surface area contributed by atoms with Gasteiger partial charge in [-0.2, -0.15) is 5.10 Å². The fourth-order valence-corrected chi connectivity index (χ4v) is 5.57. The molecule has 0 spiro atoms. The lowest BCUT2D eigenvalue weighted by Crippen LogP contribution is -2.39. The van der Waals surface area contributed by atoms with Gasteiger partial charge in [-0.1, -0.05) is 30.3 Å². The van der Waals surface area contributed by atoms with Gasteiger partial charge in [0.05, 0.1) is 19.1 Å². The zero-order valence-electron chi connectivity index (χ0n) is 17.8. The summed E-state index contributed by atoms with van der Waals surface area (Å²) in [6, 6.07) is 12.8. The first-order valence-electron chi connectivity index (χ1n) is 10.8. The Labute approximate surface area is 183 Å². The molecule has 7 nitrogen and oxygen atoms in total. The minimum Gasteiger partial charge on any atom is -0.491 e. The van der Waals surface area contributed by atoms with Crippen LogP contribution in [-0.4, -0.2) is 53.8 Å². The lowest BCUT2D eigenvalue weighted by atomic mass is 9.99. The standard InChI is InChI=1S/C23H28N4O3S/c1-31(28,29)27-10-8-17(9-11-27)16-30-22-7-6-20(21-12-24-25-23(21)22)15-26-13-18-4-2-3-5-19(18)14-26/h2-7,12,17H,8-11,13-16H2,1H3,(H,24,25). The van der Waals surface area contributed by atoms with Crippen LogP contribution in [0.5, 0.6) is 5.75 Å². The molecular weight excluding hydrogens is 412 g/mol. The number of piperidine rings is 1. The summed E-state index contributed by atoms with van der Waals surface area (Å²) in [6.45, 7) is 4.55. The Kier molecular flexibility index (Phi) is 5.45. The highest BCUT2D eigenvalue weighted by atomic mass is 32.2. The number of rotatable bonds is 6. The van der Waals surface area contributed by atoms with Crippen molar-refractivity contribution in [3.05, 3.63) is 59.3 Å². The van der Waals surface area contributed by atoms with Gasteiger partial charge in [-0.05, 0) is 41.5 Å². The Morgan fingerprint density at radius 1 is 1.10 bits per heavy atom.